The number of amides is 1. The highest BCUT2D eigenvalue weighted by atomic mass is 35.5. The molecule has 0 aliphatic rings. The molecule has 12 heteroatoms. The van der Waals surface area contributed by atoms with Crippen LogP contribution in [0.4, 0.5) is 24.5 Å². The van der Waals surface area contributed by atoms with Crippen LogP contribution in [0.5, 0.6) is 0 Å². The first kappa shape index (κ1) is 22.3. The second-order valence-electron chi connectivity index (χ2n) is 5.78. The van der Waals surface area contributed by atoms with Gasteiger partial charge in [0.05, 0.1) is 21.3 Å². The Hall–Kier alpha value is -2.01. The lowest BCUT2D eigenvalue weighted by atomic mass is 10.1. The van der Waals surface area contributed by atoms with Gasteiger partial charge in [0.1, 0.15) is 0 Å². The van der Waals surface area contributed by atoms with Crippen molar-refractivity contribution < 1.29 is 31.5 Å². The normalized spacial score (nSPS) is 14.2. The molecule has 0 aromatic heterocycles. The van der Waals surface area contributed by atoms with Crippen molar-refractivity contribution in [2.45, 2.75) is 23.6 Å². The molecule has 1 unspecified atom stereocenters. The van der Waals surface area contributed by atoms with Crippen LogP contribution in [0.15, 0.2) is 47.4 Å². The molecule has 0 aliphatic heterocycles. The molecule has 0 saturated carbocycles. The van der Waals surface area contributed by atoms with Crippen molar-refractivity contribution in [2.24, 2.45) is 0 Å². The Kier molecular flexibility index (Phi) is 6.19. The number of alkyl halides is 3. The molecule has 28 heavy (non-hydrogen) atoms. The first-order chi connectivity index (χ1) is 12.7. The highest BCUT2D eigenvalue weighted by Crippen LogP contribution is 2.33. The van der Waals surface area contributed by atoms with Gasteiger partial charge in [-0.15, -0.1) is 0 Å². The van der Waals surface area contributed by atoms with Crippen LogP contribution in [0, 0.1) is 0 Å². The van der Waals surface area contributed by atoms with Gasteiger partial charge in [-0.3, -0.25) is 9.52 Å². The molecular weight excluding hydrogens is 444 g/mol. The third kappa shape index (κ3) is 4.88. The summed E-state index contributed by atoms with van der Waals surface area (Å²) in [7, 11) is -4.08. The minimum absolute atomic E-state index is 0.183. The highest BCUT2D eigenvalue weighted by Gasteiger charge is 2.55. The lowest BCUT2D eigenvalue weighted by Gasteiger charge is -2.25. The molecule has 0 heterocycles. The van der Waals surface area contributed by atoms with Gasteiger partial charge in [-0.05, 0) is 43.3 Å². The van der Waals surface area contributed by atoms with Gasteiger partial charge < -0.3 is 10.4 Å². The molecule has 152 valence electrons. The number of benzene rings is 2. The molecule has 3 N–H and O–H groups in total. The maximum Gasteiger partial charge on any atom is 0.426 e. The molecule has 0 spiro atoms. The van der Waals surface area contributed by atoms with E-state index in [9.17, 15) is 31.5 Å². The van der Waals surface area contributed by atoms with E-state index in [1.807, 2.05) is 5.32 Å². The zero-order chi connectivity index (χ0) is 21.3. The third-order valence-electron chi connectivity index (χ3n) is 3.57. The van der Waals surface area contributed by atoms with E-state index < -0.39 is 27.7 Å². The second kappa shape index (κ2) is 7.78. The number of sulfonamides is 1. The largest absolute Gasteiger partial charge is 0.426 e. The monoisotopic (exact) mass is 456 g/mol. The maximum absolute atomic E-state index is 12.7. The molecule has 1 amide bonds. The minimum atomic E-state index is -5.21. The van der Waals surface area contributed by atoms with Gasteiger partial charge in [-0.25, -0.2) is 8.42 Å². The Morgan fingerprint density at radius 1 is 1.11 bits per heavy atom. The van der Waals surface area contributed by atoms with Crippen LogP contribution in [-0.4, -0.2) is 31.2 Å². The van der Waals surface area contributed by atoms with E-state index in [4.69, 9.17) is 23.2 Å². The fourth-order valence-electron chi connectivity index (χ4n) is 1.90. The fraction of sp³-hybridized carbons (Fsp3) is 0.188. The summed E-state index contributed by atoms with van der Waals surface area (Å²) in [6.07, 6.45) is -5.21. The third-order valence-corrected chi connectivity index (χ3v) is 5.50. The van der Waals surface area contributed by atoms with E-state index in [1.54, 1.807) is 6.07 Å². The number of hydrogen-bond donors (Lipinski definition) is 3. The van der Waals surface area contributed by atoms with Gasteiger partial charge >= 0.3 is 6.18 Å². The fourth-order valence-corrected chi connectivity index (χ4v) is 3.46. The Morgan fingerprint density at radius 3 is 2.29 bits per heavy atom. The van der Waals surface area contributed by atoms with Crippen LogP contribution in [0.2, 0.25) is 10.0 Å². The molecule has 2 aromatic carbocycles. The smallest absolute Gasteiger partial charge is 0.373 e. The molecule has 0 bridgehead atoms. The second-order valence-corrected chi connectivity index (χ2v) is 8.31. The summed E-state index contributed by atoms with van der Waals surface area (Å²) >= 11 is 11.7. The lowest BCUT2D eigenvalue weighted by Crippen LogP contribution is -2.52. The summed E-state index contributed by atoms with van der Waals surface area (Å²) in [5.74, 6) is -1.77. The van der Waals surface area contributed by atoms with Crippen LogP contribution in [-0.2, 0) is 14.8 Å². The molecule has 6 nitrogen and oxygen atoms in total. The number of halogens is 5. The minimum Gasteiger partial charge on any atom is -0.373 e. The molecule has 0 saturated heterocycles. The molecule has 2 rings (SSSR count). The average Bonchev–Trinajstić information content (AvgIpc) is 2.55. The molecule has 0 aliphatic carbocycles. The number of anilines is 2. The van der Waals surface area contributed by atoms with Crippen molar-refractivity contribution in [2.75, 3.05) is 10.0 Å². The van der Waals surface area contributed by atoms with E-state index in [1.165, 1.54) is 18.2 Å². The number of nitrogens with one attached hydrogen (secondary N) is 2. The average molecular weight is 457 g/mol. The quantitative estimate of drug-likeness (QED) is 0.632. The van der Waals surface area contributed by atoms with Gasteiger partial charge in [-0.1, -0.05) is 29.3 Å². The molecule has 2 aromatic rings. The number of hydrogen-bond acceptors (Lipinski definition) is 4. The number of rotatable bonds is 5. The van der Waals surface area contributed by atoms with Crippen LogP contribution >= 0.6 is 23.2 Å². The number of carbonyl (C=O) groups is 1. The van der Waals surface area contributed by atoms with Crippen LogP contribution in [0.1, 0.15) is 6.92 Å². The maximum atomic E-state index is 12.7. The van der Waals surface area contributed by atoms with Gasteiger partial charge in [0.15, 0.2) is 0 Å². The zero-order valence-electron chi connectivity index (χ0n) is 14.0. The SMILES string of the molecule is CC(O)(C(=O)Nc1ccc(S(=O)(=O)Nc2cccc(Cl)c2)cc1Cl)C(F)(F)F. The van der Waals surface area contributed by atoms with Gasteiger partial charge in [0.25, 0.3) is 15.9 Å². The van der Waals surface area contributed by atoms with E-state index in [2.05, 4.69) is 4.72 Å². The van der Waals surface area contributed by atoms with Gasteiger partial charge in [-0.2, -0.15) is 13.2 Å². The van der Waals surface area contributed by atoms with Crippen LogP contribution in [0.3, 0.4) is 0 Å². The predicted octanol–water partition coefficient (Wildman–Crippen LogP) is 4.05. The lowest BCUT2D eigenvalue weighted by molar-refractivity contribution is -0.242. The molecule has 0 fully saturated rings. The standard InChI is InChI=1S/C16H13Cl2F3N2O4S/c1-15(25,16(19,20)21)14(24)22-13-6-5-11(8-12(13)18)28(26,27)23-10-4-2-3-9(17)7-10/h2-8,23,25H,1H3,(H,22,24). The van der Waals surface area contributed by atoms with E-state index >= 15 is 0 Å². The first-order valence-electron chi connectivity index (χ1n) is 7.42. The van der Waals surface area contributed by atoms with Gasteiger partial charge in [0, 0.05) is 5.02 Å². The Balaban J connectivity index is 2.25. The topological polar surface area (TPSA) is 95.5 Å². The van der Waals surface area contributed by atoms with Crippen molar-refractivity contribution in [1.29, 1.82) is 0 Å². The van der Waals surface area contributed by atoms with Crippen molar-refractivity contribution in [1.82, 2.24) is 0 Å². The van der Waals surface area contributed by atoms with E-state index in [0.29, 0.717) is 5.02 Å². The molecular formula is C16H13Cl2F3N2O4S. The van der Waals surface area contributed by atoms with Crippen molar-refractivity contribution in [3.8, 4) is 0 Å². The van der Waals surface area contributed by atoms with Crippen molar-refractivity contribution in [3.63, 3.8) is 0 Å². The van der Waals surface area contributed by atoms with Crippen LogP contribution < -0.4 is 10.0 Å². The molecule has 0 radical (unpaired) electrons. The summed E-state index contributed by atoms with van der Waals surface area (Å²) in [5, 5.41) is 11.1. The van der Waals surface area contributed by atoms with E-state index in [0.717, 1.165) is 18.2 Å². The van der Waals surface area contributed by atoms with E-state index in [-0.39, 0.29) is 28.2 Å². The first-order valence-corrected chi connectivity index (χ1v) is 9.66. The Bertz CT molecular complexity index is 1010. The Labute approximate surface area is 168 Å². The predicted molar refractivity (Wildman–Crippen MR) is 99.0 cm³/mol. The number of aliphatic hydroxyl groups is 1. The molecule has 1 atom stereocenters. The van der Waals surface area contributed by atoms with Crippen molar-refractivity contribution in [3.05, 3.63) is 52.5 Å². The summed E-state index contributed by atoms with van der Waals surface area (Å²) in [6, 6.07) is 8.86. The summed E-state index contributed by atoms with van der Waals surface area (Å²) in [6.45, 7) is 0.282. The zero-order valence-corrected chi connectivity index (χ0v) is 16.3. The highest BCUT2D eigenvalue weighted by molar-refractivity contribution is 7.92. The summed E-state index contributed by atoms with van der Waals surface area (Å²) in [4.78, 5) is 11.4. The summed E-state index contributed by atoms with van der Waals surface area (Å²) in [5.41, 5.74) is -3.78. The summed E-state index contributed by atoms with van der Waals surface area (Å²) < 4.78 is 65.2. The van der Waals surface area contributed by atoms with Gasteiger partial charge in [0.2, 0.25) is 5.60 Å². The van der Waals surface area contributed by atoms with Crippen LogP contribution in [0.25, 0.3) is 0 Å². The van der Waals surface area contributed by atoms with Crippen molar-refractivity contribution >= 4 is 50.5 Å². The Morgan fingerprint density at radius 2 is 1.75 bits per heavy atom. The number of carbonyl (C=O) groups excluding carboxylic acids is 1.